The molecule has 1 atom stereocenters. The van der Waals surface area contributed by atoms with E-state index in [0.29, 0.717) is 32.1 Å². The predicted octanol–water partition coefficient (Wildman–Crippen LogP) is 5.15. The summed E-state index contributed by atoms with van der Waals surface area (Å²) in [6.45, 7) is 8.41. The number of piperazine rings is 1. The molecule has 0 bridgehead atoms. The summed E-state index contributed by atoms with van der Waals surface area (Å²) in [5.74, 6) is -0.834. The van der Waals surface area contributed by atoms with Gasteiger partial charge in [0.1, 0.15) is 22.8 Å². The minimum absolute atomic E-state index is 0.0616. The van der Waals surface area contributed by atoms with E-state index in [1.54, 1.807) is 25.7 Å². The van der Waals surface area contributed by atoms with Crippen molar-refractivity contribution in [3.8, 4) is 0 Å². The van der Waals surface area contributed by atoms with Crippen molar-refractivity contribution >= 4 is 34.7 Å². The summed E-state index contributed by atoms with van der Waals surface area (Å²) < 4.78 is 65.9. The molecule has 1 saturated heterocycles. The largest absolute Gasteiger partial charge is 0.458 e. The number of amides is 3. The van der Waals surface area contributed by atoms with Crippen LogP contribution in [0.2, 0.25) is 0 Å². The quantitative estimate of drug-likeness (QED) is 0.431. The molecule has 4 rings (SSSR count). The zero-order chi connectivity index (χ0) is 28.5. The van der Waals surface area contributed by atoms with Gasteiger partial charge in [0.2, 0.25) is 5.95 Å². The second kappa shape index (κ2) is 10.6. The van der Waals surface area contributed by atoms with Crippen LogP contribution in [0.25, 0.3) is 11.0 Å². The predicted molar refractivity (Wildman–Crippen MR) is 134 cm³/mol. The number of hydrogen-bond donors (Lipinski definition) is 2. The van der Waals surface area contributed by atoms with Crippen LogP contribution in [0, 0.1) is 12.7 Å². The number of benzene rings is 1. The number of nitrogens with one attached hydrogen (secondary N) is 2. The third-order valence-corrected chi connectivity index (χ3v) is 5.91. The van der Waals surface area contributed by atoms with Gasteiger partial charge in [-0.3, -0.25) is 0 Å². The Morgan fingerprint density at radius 3 is 2.31 bits per heavy atom. The first-order valence-corrected chi connectivity index (χ1v) is 12.1. The van der Waals surface area contributed by atoms with Gasteiger partial charge < -0.3 is 29.6 Å². The van der Waals surface area contributed by atoms with Crippen molar-refractivity contribution in [3.05, 3.63) is 47.7 Å². The van der Waals surface area contributed by atoms with Gasteiger partial charge in [0.15, 0.2) is 6.04 Å². The highest BCUT2D eigenvalue weighted by Gasteiger charge is 2.45. The summed E-state index contributed by atoms with van der Waals surface area (Å²) >= 11 is 0. The molecule has 3 amide bonds. The average molecular weight is 553 g/mol. The number of halogens is 4. The van der Waals surface area contributed by atoms with E-state index in [-0.39, 0.29) is 22.2 Å². The van der Waals surface area contributed by atoms with E-state index < -0.39 is 41.5 Å². The average Bonchev–Trinajstić information content (AvgIpc) is 3.16. The van der Waals surface area contributed by atoms with E-state index in [9.17, 15) is 27.2 Å². The van der Waals surface area contributed by atoms with Crippen molar-refractivity contribution in [2.45, 2.75) is 45.5 Å². The van der Waals surface area contributed by atoms with Crippen LogP contribution in [0.5, 0.6) is 0 Å². The lowest BCUT2D eigenvalue weighted by Crippen LogP contribution is -2.50. The number of aromatic nitrogens is 2. The maximum absolute atomic E-state index is 13.9. The number of urea groups is 1. The molecule has 0 saturated carbocycles. The Morgan fingerprint density at radius 1 is 1.08 bits per heavy atom. The van der Waals surface area contributed by atoms with Gasteiger partial charge in [0, 0.05) is 37.1 Å². The van der Waals surface area contributed by atoms with E-state index in [1.807, 2.05) is 10.2 Å². The molecule has 0 unspecified atom stereocenters. The minimum Gasteiger partial charge on any atom is -0.458 e. The molecule has 3 aromatic rings. The zero-order valence-electron chi connectivity index (χ0n) is 21.7. The first-order valence-electron chi connectivity index (χ1n) is 12.1. The Labute approximate surface area is 221 Å². The number of alkyl halides is 3. The number of nitrogens with zero attached hydrogens (tertiary/aromatic N) is 4. The molecular weight excluding hydrogens is 524 g/mol. The molecular formula is C25H28F4N6O4. The molecule has 2 N–H and O–H groups in total. The topological polar surface area (TPSA) is 113 Å². The van der Waals surface area contributed by atoms with Crippen LogP contribution < -0.4 is 15.5 Å². The Morgan fingerprint density at radius 2 is 1.72 bits per heavy atom. The van der Waals surface area contributed by atoms with Crippen molar-refractivity contribution < 1.29 is 36.3 Å². The maximum atomic E-state index is 13.9. The van der Waals surface area contributed by atoms with Gasteiger partial charge in [-0.15, -0.1) is 0 Å². The molecule has 14 heteroatoms. The summed E-state index contributed by atoms with van der Waals surface area (Å²) in [5.41, 5.74) is -0.410. The first kappa shape index (κ1) is 27.9. The smallest absolute Gasteiger partial charge is 0.416 e. The van der Waals surface area contributed by atoms with Crippen LogP contribution in [0.1, 0.15) is 38.1 Å². The summed E-state index contributed by atoms with van der Waals surface area (Å²) in [4.78, 5) is 36.5. The van der Waals surface area contributed by atoms with Crippen LogP contribution in [0.15, 0.2) is 35.0 Å². The Hall–Kier alpha value is -4.10. The maximum Gasteiger partial charge on any atom is 0.416 e. The molecule has 1 aliphatic heterocycles. The molecule has 1 aliphatic rings. The number of carbonyl (C=O) groups excluding carboxylic acids is 2. The molecule has 2 aromatic heterocycles. The molecule has 210 valence electrons. The Bertz CT molecular complexity index is 1350. The van der Waals surface area contributed by atoms with Crippen LogP contribution in [0.4, 0.5) is 38.8 Å². The van der Waals surface area contributed by atoms with Crippen LogP contribution >= 0.6 is 0 Å². The van der Waals surface area contributed by atoms with E-state index >= 15 is 0 Å². The molecule has 3 heterocycles. The lowest BCUT2D eigenvalue weighted by atomic mass is 10.1. The van der Waals surface area contributed by atoms with E-state index in [0.717, 1.165) is 12.1 Å². The standard InChI is InChI=1S/C25H28F4N6O4/c1-14-17-11-15(26)5-6-18(17)38-19(14)20(25(27,28)29)33-22(36)32-16-12-30-21(31-13-16)34-7-9-35(10-8-34)23(37)39-24(2,3)4/h5-6,11-13,20H,7-10H2,1-4H3,(H2,32,33,36)/t20-/m1/s1. The van der Waals surface area contributed by atoms with Gasteiger partial charge in [-0.1, -0.05) is 0 Å². The fourth-order valence-electron chi connectivity index (χ4n) is 4.05. The number of aryl methyl sites for hydroxylation is 1. The molecule has 1 aromatic carbocycles. The van der Waals surface area contributed by atoms with Crippen LogP contribution in [0.3, 0.4) is 0 Å². The summed E-state index contributed by atoms with van der Waals surface area (Å²) in [5, 5.41) is 4.33. The first-order chi connectivity index (χ1) is 18.2. The lowest BCUT2D eigenvalue weighted by molar-refractivity contribution is -0.158. The van der Waals surface area contributed by atoms with Crippen LogP contribution in [-0.4, -0.2) is 64.9 Å². The Balaban J connectivity index is 1.38. The third kappa shape index (κ3) is 6.67. The highest BCUT2D eigenvalue weighted by Crippen LogP contribution is 2.38. The summed E-state index contributed by atoms with van der Waals surface area (Å²) in [7, 11) is 0. The molecule has 0 radical (unpaired) electrons. The van der Waals surface area contributed by atoms with Crippen molar-refractivity contribution in [1.82, 2.24) is 20.2 Å². The zero-order valence-corrected chi connectivity index (χ0v) is 21.7. The van der Waals surface area contributed by atoms with Crippen molar-refractivity contribution in [1.29, 1.82) is 0 Å². The monoisotopic (exact) mass is 552 g/mol. The van der Waals surface area contributed by atoms with Gasteiger partial charge in [-0.2, -0.15) is 13.2 Å². The second-order valence-electron chi connectivity index (χ2n) is 10.0. The van der Waals surface area contributed by atoms with Gasteiger partial charge in [-0.25, -0.2) is 23.9 Å². The SMILES string of the molecule is Cc1c([C@@H](NC(=O)Nc2cnc(N3CCN(C(=O)OC(C)(C)C)CC3)nc2)C(F)(F)F)oc2ccc(F)cc12. The third-order valence-electron chi connectivity index (χ3n) is 5.91. The summed E-state index contributed by atoms with van der Waals surface area (Å²) in [6.07, 6.45) is -2.77. The fourth-order valence-corrected chi connectivity index (χ4v) is 4.05. The Kier molecular flexibility index (Phi) is 7.57. The molecule has 0 aliphatic carbocycles. The number of carbonyl (C=O) groups is 2. The number of anilines is 2. The van der Waals surface area contributed by atoms with Crippen molar-refractivity contribution in [3.63, 3.8) is 0 Å². The number of ether oxygens (including phenoxy) is 1. The van der Waals surface area contributed by atoms with E-state index in [2.05, 4.69) is 15.3 Å². The molecule has 0 spiro atoms. The van der Waals surface area contributed by atoms with Crippen molar-refractivity contribution in [2.24, 2.45) is 0 Å². The minimum atomic E-state index is -4.89. The molecule has 39 heavy (non-hydrogen) atoms. The fraction of sp³-hybridized carbons (Fsp3) is 0.440. The number of rotatable bonds is 4. The van der Waals surface area contributed by atoms with Crippen molar-refractivity contribution in [2.75, 3.05) is 36.4 Å². The highest BCUT2D eigenvalue weighted by atomic mass is 19.4. The highest BCUT2D eigenvalue weighted by molar-refractivity contribution is 5.89. The van der Waals surface area contributed by atoms with Gasteiger partial charge in [0.05, 0.1) is 18.1 Å². The molecule has 10 nitrogen and oxygen atoms in total. The summed E-state index contributed by atoms with van der Waals surface area (Å²) in [6, 6.07) is -0.269. The normalized spacial score (nSPS) is 15.3. The number of fused-ring (bicyclic) bond motifs is 1. The second-order valence-corrected chi connectivity index (χ2v) is 10.0. The number of hydrogen-bond acceptors (Lipinski definition) is 7. The van der Waals surface area contributed by atoms with E-state index in [4.69, 9.17) is 9.15 Å². The van der Waals surface area contributed by atoms with E-state index in [1.165, 1.54) is 25.4 Å². The lowest BCUT2D eigenvalue weighted by Gasteiger charge is -2.35. The van der Waals surface area contributed by atoms with Gasteiger partial charge in [-0.05, 0) is 45.9 Å². The van der Waals surface area contributed by atoms with Gasteiger partial charge >= 0.3 is 18.3 Å². The van der Waals surface area contributed by atoms with Crippen LogP contribution in [-0.2, 0) is 4.74 Å². The molecule has 1 fully saturated rings. The van der Waals surface area contributed by atoms with Gasteiger partial charge in [0.25, 0.3) is 0 Å². The number of furan rings is 1.